The van der Waals surface area contributed by atoms with Crippen LogP contribution in [0.25, 0.3) is 0 Å². The largest absolute Gasteiger partial charge is 0.484 e. The van der Waals surface area contributed by atoms with Gasteiger partial charge in [0, 0.05) is 12.1 Å². The quantitative estimate of drug-likeness (QED) is 0.366. The van der Waals surface area contributed by atoms with Crippen molar-refractivity contribution in [2.75, 3.05) is 13.2 Å². The van der Waals surface area contributed by atoms with Gasteiger partial charge < -0.3 is 24.6 Å². The molecule has 0 saturated carbocycles. The first kappa shape index (κ1) is 25.0. The number of hydrogen-bond acceptors (Lipinski definition) is 6. The molecule has 2 aliphatic rings. The maximum Gasteiger partial charge on any atom is 0.350 e. The molecule has 0 bridgehead atoms. The molecule has 3 amide bonds. The molecule has 2 aliphatic heterocycles. The van der Waals surface area contributed by atoms with Gasteiger partial charge in [-0.05, 0) is 36.2 Å². The van der Waals surface area contributed by atoms with Crippen LogP contribution in [-0.2, 0) is 25.7 Å². The maximum atomic E-state index is 13.5. The number of nitrogens with one attached hydrogen (secondary N) is 1. The number of hydrogen-bond donors (Lipinski definition) is 1. The second kappa shape index (κ2) is 10.8. The first-order valence-electron chi connectivity index (χ1n) is 12.3. The van der Waals surface area contributed by atoms with Crippen molar-refractivity contribution in [1.82, 2.24) is 15.1 Å². The number of para-hydroxylation sites is 1. The van der Waals surface area contributed by atoms with Gasteiger partial charge in [-0.3, -0.25) is 14.4 Å². The molecule has 0 spiro atoms. The Morgan fingerprint density at radius 3 is 2.29 bits per heavy atom. The molecule has 0 radical (unpaired) electrons. The summed E-state index contributed by atoms with van der Waals surface area (Å²) in [5.41, 5.74) is 1.96. The monoisotopic (exact) mass is 513 g/mol. The van der Waals surface area contributed by atoms with E-state index >= 15 is 0 Å². The Balaban J connectivity index is 1.31. The van der Waals surface area contributed by atoms with Crippen molar-refractivity contribution >= 4 is 23.7 Å². The number of carbonyl (C=O) groups is 4. The standard InChI is InChI=1S/C29H27N3O6/c1-19-10-8-9-15-22(19)27(34)31-16-23-25(30-24(33)18-37-21-13-6-3-7-14-21)28(35)32(23)26(31)29(36)38-17-20-11-4-2-5-12-20/h2-15,23,25-26H,16-18H2,1H3,(H,30,33)/t23?,25-,26?/m0/s1. The highest BCUT2D eigenvalue weighted by molar-refractivity contribution is 6.03. The highest BCUT2D eigenvalue weighted by Gasteiger charge is 2.61. The summed E-state index contributed by atoms with van der Waals surface area (Å²) in [6.07, 6.45) is -1.22. The zero-order valence-corrected chi connectivity index (χ0v) is 20.8. The van der Waals surface area contributed by atoms with Gasteiger partial charge in [0.05, 0.1) is 6.04 Å². The Kier molecular flexibility index (Phi) is 7.08. The van der Waals surface area contributed by atoms with Gasteiger partial charge in [0.2, 0.25) is 12.1 Å². The maximum absolute atomic E-state index is 13.5. The minimum Gasteiger partial charge on any atom is -0.484 e. The molecule has 3 aromatic carbocycles. The van der Waals surface area contributed by atoms with Crippen molar-refractivity contribution < 1.29 is 28.7 Å². The summed E-state index contributed by atoms with van der Waals surface area (Å²) >= 11 is 0. The molecule has 9 nitrogen and oxygen atoms in total. The summed E-state index contributed by atoms with van der Waals surface area (Å²) < 4.78 is 11.0. The average Bonchev–Trinajstić information content (AvgIpc) is 3.31. The zero-order chi connectivity index (χ0) is 26.6. The predicted octanol–water partition coefficient (Wildman–Crippen LogP) is 2.29. The lowest BCUT2D eigenvalue weighted by atomic mass is 9.96. The molecule has 1 N–H and O–H groups in total. The van der Waals surface area contributed by atoms with Crippen LogP contribution in [0.4, 0.5) is 0 Å². The Labute approximate surface area is 219 Å². The highest BCUT2D eigenvalue weighted by Crippen LogP contribution is 2.34. The Hall–Kier alpha value is -4.66. The summed E-state index contributed by atoms with van der Waals surface area (Å²) in [6, 6.07) is 23.6. The van der Waals surface area contributed by atoms with Crippen LogP contribution in [0.5, 0.6) is 5.75 Å². The normalized spacial score (nSPS) is 19.8. The molecule has 3 atom stereocenters. The van der Waals surface area contributed by atoms with E-state index in [0.717, 1.165) is 11.1 Å². The number of β-lactam (4-membered cyclic amide) rings is 1. The molecule has 0 aliphatic carbocycles. The number of fused-ring (bicyclic) bond motifs is 1. The zero-order valence-electron chi connectivity index (χ0n) is 20.8. The topological polar surface area (TPSA) is 105 Å². The summed E-state index contributed by atoms with van der Waals surface area (Å²) in [7, 11) is 0. The fourth-order valence-corrected chi connectivity index (χ4v) is 4.76. The first-order valence-corrected chi connectivity index (χ1v) is 12.3. The molecule has 194 valence electrons. The molecule has 5 rings (SSSR count). The van der Waals surface area contributed by atoms with Gasteiger partial charge in [-0.2, -0.15) is 0 Å². The van der Waals surface area contributed by atoms with Crippen LogP contribution in [0, 0.1) is 6.92 Å². The predicted molar refractivity (Wildman–Crippen MR) is 137 cm³/mol. The van der Waals surface area contributed by atoms with Crippen molar-refractivity contribution in [2.45, 2.75) is 31.8 Å². The van der Waals surface area contributed by atoms with Crippen molar-refractivity contribution in [2.24, 2.45) is 0 Å². The third kappa shape index (κ3) is 4.95. The van der Waals surface area contributed by atoms with Gasteiger partial charge in [-0.25, -0.2) is 4.79 Å². The van der Waals surface area contributed by atoms with Gasteiger partial charge in [0.25, 0.3) is 11.8 Å². The van der Waals surface area contributed by atoms with Crippen molar-refractivity contribution in [1.29, 1.82) is 0 Å². The average molecular weight is 514 g/mol. The van der Waals surface area contributed by atoms with E-state index in [-0.39, 0.29) is 25.7 Å². The minimum atomic E-state index is -1.22. The summed E-state index contributed by atoms with van der Waals surface area (Å²) in [5, 5.41) is 2.69. The number of nitrogens with zero attached hydrogens (tertiary/aromatic N) is 2. The SMILES string of the molecule is Cc1ccccc1C(=O)N1CC2[C@H](NC(=O)COc3ccccc3)C(=O)N2C1C(=O)OCc1ccccc1. The van der Waals surface area contributed by atoms with E-state index in [1.54, 1.807) is 36.4 Å². The molecule has 2 fully saturated rings. The van der Waals surface area contributed by atoms with Crippen LogP contribution in [-0.4, -0.2) is 64.9 Å². The van der Waals surface area contributed by atoms with Gasteiger partial charge >= 0.3 is 5.97 Å². The van der Waals surface area contributed by atoms with E-state index in [0.29, 0.717) is 11.3 Å². The first-order chi connectivity index (χ1) is 18.4. The van der Waals surface area contributed by atoms with E-state index < -0.39 is 36.0 Å². The molecular weight excluding hydrogens is 486 g/mol. The minimum absolute atomic E-state index is 0.00621. The third-order valence-corrected chi connectivity index (χ3v) is 6.71. The summed E-state index contributed by atoms with van der Waals surface area (Å²) in [6.45, 7) is 1.62. The number of benzene rings is 3. The summed E-state index contributed by atoms with van der Waals surface area (Å²) in [5.74, 6) is -1.49. The van der Waals surface area contributed by atoms with Gasteiger partial charge in [-0.15, -0.1) is 0 Å². The summed E-state index contributed by atoms with van der Waals surface area (Å²) in [4.78, 5) is 55.1. The van der Waals surface area contributed by atoms with E-state index in [2.05, 4.69) is 5.32 Å². The Bertz CT molecular complexity index is 1350. The fraction of sp³-hybridized carbons (Fsp3) is 0.241. The number of rotatable bonds is 8. The molecule has 2 heterocycles. The van der Waals surface area contributed by atoms with Gasteiger partial charge in [0.1, 0.15) is 18.4 Å². The Morgan fingerprint density at radius 1 is 0.921 bits per heavy atom. The molecular formula is C29H27N3O6. The molecule has 0 aromatic heterocycles. The van der Waals surface area contributed by atoms with Crippen molar-refractivity contribution in [3.8, 4) is 5.75 Å². The van der Waals surface area contributed by atoms with E-state index in [1.165, 1.54) is 9.80 Å². The number of carbonyl (C=O) groups excluding carboxylic acids is 4. The molecule has 38 heavy (non-hydrogen) atoms. The van der Waals surface area contributed by atoms with Crippen LogP contribution < -0.4 is 10.1 Å². The van der Waals surface area contributed by atoms with Gasteiger partial charge in [0.15, 0.2) is 6.61 Å². The second-order valence-electron chi connectivity index (χ2n) is 9.20. The smallest absolute Gasteiger partial charge is 0.350 e. The number of amides is 3. The molecule has 2 unspecified atom stereocenters. The van der Waals surface area contributed by atoms with E-state index in [9.17, 15) is 19.2 Å². The lowest BCUT2D eigenvalue weighted by Crippen LogP contribution is -2.71. The van der Waals surface area contributed by atoms with Crippen LogP contribution in [0.3, 0.4) is 0 Å². The number of esters is 1. The fourth-order valence-electron chi connectivity index (χ4n) is 4.76. The number of aryl methyl sites for hydroxylation is 1. The molecule has 9 heteroatoms. The lowest BCUT2D eigenvalue weighted by molar-refractivity contribution is -0.167. The van der Waals surface area contributed by atoms with E-state index in [1.807, 2.05) is 55.5 Å². The lowest BCUT2D eigenvalue weighted by Gasteiger charge is -2.43. The molecule has 3 aromatic rings. The van der Waals surface area contributed by atoms with Crippen LogP contribution in [0.1, 0.15) is 21.5 Å². The second-order valence-corrected chi connectivity index (χ2v) is 9.20. The number of ether oxygens (including phenoxy) is 2. The highest BCUT2D eigenvalue weighted by atomic mass is 16.5. The third-order valence-electron chi connectivity index (χ3n) is 6.71. The van der Waals surface area contributed by atoms with Gasteiger partial charge in [-0.1, -0.05) is 66.7 Å². The van der Waals surface area contributed by atoms with Crippen molar-refractivity contribution in [3.05, 3.63) is 102 Å². The van der Waals surface area contributed by atoms with E-state index in [4.69, 9.17) is 9.47 Å². The van der Waals surface area contributed by atoms with Crippen LogP contribution in [0.15, 0.2) is 84.9 Å². The molecule has 2 saturated heterocycles. The van der Waals surface area contributed by atoms with Crippen LogP contribution >= 0.6 is 0 Å². The Morgan fingerprint density at radius 2 is 1.58 bits per heavy atom. The van der Waals surface area contributed by atoms with Crippen molar-refractivity contribution in [3.63, 3.8) is 0 Å². The van der Waals surface area contributed by atoms with Crippen LogP contribution in [0.2, 0.25) is 0 Å².